The summed E-state index contributed by atoms with van der Waals surface area (Å²) in [6.07, 6.45) is 3.16. The molecule has 0 fully saturated rings. The maximum Gasteiger partial charge on any atom is 0.255 e. The second kappa shape index (κ2) is 5.33. The molecule has 1 aromatic carbocycles. The Labute approximate surface area is 126 Å². The van der Waals surface area contributed by atoms with Crippen LogP contribution in [-0.2, 0) is 7.05 Å². The number of rotatable bonds is 3. The van der Waals surface area contributed by atoms with Crippen molar-refractivity contribution in [1.29, 1.82) is 0 Å². The normalized spacial score (nSPS) is 10.6. The van der Waals surface area contributed by atoms with Gasteiger partial charge in [0.1, 0.15) is 0 Å². The third-order valence-electron chi connectivity index (χ3n) is 3.44. The predicted octanol–water partition coefficient (Wildman–Crippen LogP) is 1.34. The fourth-order valence-electron chi connectivity index (χ4n) is 2.31. The van der Waals surface area contributed by atoms with Crippen LogP contribution in [0.1, 0.15) is 10.4 Å². The number of primary amides is 1. The maximum absolute atomic E-state index is 12.1. The molecule has 0 aliphatic heterocycles. The van der Waals surface area contributed by atoms with Crippen molar-refractivity contribution in [2.45, 2.75) is 0 Å². The molecule has 0 aliphatic rings. The summed E-state index contributed by atoms with van der Waals surface area (Å²) >= 11 is 0. The zero-order valence-corrected chi connectivity index (χ0v) is 11.9. The van der Waals surface area contributed by atoms with Crippen molar-refractivity contribution in [2.75, 3.05) is 0 Å². The molecule has 0 unspecified atom stereocenters. The quantitative estimate of drug-likeness (QED) is 0.791. The third kappa shape index (κ3) is 2.42. The van der Waals surface area contributed by atoms with Gasteiger partial charge in [-0.2, -0.15) is 5.10 Å². The van der Waals surface area contributed by atoms with Gasteiger partial charge in [-0.3, -0.25) is 18.8 Å². The molecule has 0 radical (unpaired) electrons. The topological polar surface area (TPSA) is 82.9 Å². The molecule has 2 N–H and O–H groups in total. The lowest BCUT2D eigenvalue weighted by Crippen LogP contribution is -2.20. The number of aryl methyl sites for hydroxylation is 1. The summed E-state index contributed by atoms with van der Waals surface area (Å²) in [5, 5.41) is 4.14. The van der Waals surface area contributed by atoms with Crippen LogP contribution in [-0.4, -0.2) is 20.3 Å². The maximum atomic E-state index is 12.1. The van der Waals surface area contributed by atoms with E-state index >= 15 is 0 Å². The molecule has 0 saturated carbocycles. The average molecular weight is 294 g/mol. The standard InChI is InChI=1S/C16H14N4O2/c1-19-14(7-8-18-19)11-3-2-4-13(9-11)20-10-12(16(17)22)5-6-15(20)21/h2-10H,1H3,(H2,17,22). The first kappa shape index (κ1) is 13.8. The fraction of sp³-hybridized carbons (Fsp3) is 0.0625. The summed E-state index contributed by atoms with van der Waals surface area (Å²) in [5.74, 6) is -0.573. The second-order valence-corrected chi connectivity index (χ2v) is 4.88. The fourth-order valence-corrected chi connectivity index (χ4v) is 2.31. The average Bonchev–Trinajstić information content (AvgIpc) is 2.94. The number of hydrogen-bond donors (Lipinski definition) is 1. The first-order chi connectivity index (χ1) is 10.6. The van der Waals surface area contributed by atoms with Gasteiger partial charge < -0.3 is 5.73 Å². The Bertz CT molecular complexity index is 908. The zero-order chi connectivity index (χ0) is 15.7. The van der Waals surface area contributed by atoms with Crippen molar-refractivity contribution in [3.05, 3.63) is 70.8 Å². The number of benzene rings is 1. The monoisotopic (exact) mass is 294 g/mol. The van der Waals surface area contributed by atoms with Crippen molar-refractivity contribution in [2.24, 2.45) is 12.8 Å². The summed E-state index contributed by atoms with van der Waals surface area (Å²) in [5.41, 5.74) is 7.84. The van der Waals surface area contributed by atoms with E-state index in [0.717, 1.165) is 11.3 Å². The molecule has 0 saturated heterocycles. The highest BCUT2D eigenvalue weighted by atomic mass is 16.1. The van der Waals surface area contributed by atoms with Gasteiger partial charge in [-0.1, -0.05) is 12.1 Å². The molecule has 2 heterocycles. The van der Waals surface area contributed by atoms with Crippen molar-refractivity contribution in [3.8, 4) is 16.9 Å². The van der Waals surface area contributed by atoms with Gasteiger partial charge in [0, 0.05) is 36.8 Å². The zero-order valence-electron chi connectivity index (χ0n) is 11.9. The molecule has 0 aliphatic carbocycles. The van der Waals surface area contributed by atoms with Gasteiger partial charge in [0.25, 0.3) is 5.56 Å². The molecular formula is C16H14N4O2. The number of aromatic nitrogens is 3. The molecule has 0 spiro atoms. The number of hydrogen-bond acceptors (Lipinski definition) is 3. The number of amides is 1. The molecule has 1 amide bonds. The van der Waals surface area contributed by atoms with E-state index in [4.69, 9.17) is 5.73 Å². The van der Waals surface area contributed by atoms with E-state index in [-0.39, 0.29) is 11.1 Å². The minimum absolute atomic E-state index is 0.229. The Morgan fingerprint density at radius 1 is 1.18 bits per heavy atom. The van der Waals surface area contributed by atoms with Crippen LogP contribution < -0.4 is 11.3 Å². The van der Waals surface area contributed by atoms with Crippen LogP contribution >= 0.6 is 0 Å². The van der Waals surface area contributed by atoms with Crippen LogP contribution in [0.3, 0.4) is 0 Å². The minimum Gasteiger partial charge on any atom is -0.366 e. The molecular weight excluding hydrogens is 280 g/mol. The van der Waals surface area contributed by atoms with Gasteiger partial charge in [-0.05, 0) is 24.3 Å². The molecule has 0 bridgehead atoms. The lowest BCUT2D eigenvalue weighted by molar-refractivity contribution is 0.0999. The molecule has 110 valence electrons. The van der Waals surface area contributed by atoms with Crippen molar-refractivity contribution in [3.63, 3.8) is 0 Å². The van der Waals surface area contributed by atoms with Gasteiger partial charge in [0.15, 0.2) is 0 Å². The summed E-state index contributed by atoms with van der Waals surface area (Å²) in [4.78, 5) is 23.3. The van der Waals surface area contributed by atoms with Crippen molar-refractivity contribution in [1.82, 2.24) is 14.3 Å². The number of carbonyl (C=O) groups excluding carboxylic acids is 1. The Hall–Kier alpha value is -3.15. The van der Waals surface area contributed by atoms with Crippen LogP contribution in [0.25, 0.3) is 16.9 Å². The molecule has 22 heavy (non-hydrogen) atoms. The number of nitrogens with two attached hydrogens (primary N) is 1. The lowest BCUT2D eigenvalue weighted by Gasteiger charge is -2.09. The van der Waals surface area contributed by atoms with Crippen molar-refractivity contribution >= 4 is 5.91 Å². The van der Waals surface area contributed by atoms with Gasteiger partial charge in [-0.25, -0.2) is 0 Å². The van der Waals surface area contributed by atoms with Crippen LogP contribution in [0.2, 0.25) is 0 Å². The summed E-state index contributed by atoms with van der Waals surface area (Å²) in [6, 6.07) is 12.1. The lowest BCUT2D eigenvalue weighted by atomic mass is 10.1. The summed E-state index contributed by atoms with van der Waals surface area (Å²) in [7, 11) is 1.85. The van der Waals surface area contributed by atoms with Gasteiger partial charge in [0.2, 0.25) is 5.91 Å². The number of carbonyl (C=O) groups is 1. The van der Waals surface area contributed by atoms with E-state index in [0.29, 0.717) is 5.69 Å². The largest absolute Gasteiger partial charge is 0.366 e. The Morgan fingerprint density at radius 3 is 2.68 bits per heavy atom. The Balaban J connectivity index is 2.14. The van der Waals surface area contributed by atoms with Crippen molar-refractivity contribution < 1.29 is 4.79 Å². The first-order valence-electron chi connectivity index (χ1n) is 6.67. The van der Waals surface area contributed by atoms with Gasteiger partial charge in [-0.15, -0.1) is 0 Å². The smallest absolute Gasteiger partial charge is 0.255 e. The molecule has 3 rings (SSSR count). The highest BCUT2D eigenvalue weighted by Gasteiger charge is 2.08. The van der Waals surface area contributed by atoms with E-state index in [2.05, 4.69) is 5.10 Å². The van der Waals surface area contributed by atoms with E-state index in [1.54, 1.807) is 16.9 Å². The third-order valence-corrected chi connectivity index (χ3v) is 3.44. The minimum atomic E-state index is -0.573. The molecule has 6 nitrogen and oxygen atoms in total. The highest BCUT2D eigenvalue weighted by molar-refractivity contribution is 5.92. The van der Waals surface area contributed by atoms with E-state index in [1.807, 2.05) is 31.3 Å². The summed E-state index contributed by atoms with van der Waals surface area (Å²) < 4.78 is 3.15. The first-order valence-corrected chi connectivity index (χ1v) is 6.67. The van der Waals surface area contributed by atoms with Gasteiger partial charge >= 0.3 is 0 Å². The summed E-state index contributed by atoms with van der Waals surface area (Å²) in [6.45, 7) is 0. The molecule has 2 aromatic heterocycles. The molecule has 6 heteroatoms. The highest BCUT2D eigenvalue weighted by Crippen LogP contribution is 2.20. The molecule has 0 atom stereocenters. The SMILES string of the molecule is Cn1nccc1-c1cccc(-n2cc(C(N)=O)ccc2=O)c1. The van der Waals surface area contributed by atoms with Crippen LogP contribution in [0.4, 0.5) is 0 Å². The number of pyridine rings is 1. The second-order valence-electron chi connectivity index (χ2n) is 4.88. The molecule has 3 aromatic rings. The Morgan fingerprint density at radius 2 is 2.00 bits per heavy atom. The van der Waals surface area contributed by atoms with Gasteiger partial charge in [0.05, 0.1) is 11.3 Å². The van der Waals surface area contributed by atoms with Crippen LogP contribution in [0.5, 0.6) is 0 Å². The van der Waals surface area contributed by atoms with E-state index < -0.39 is 5.91 Å². The van der Waals surface area contributed by atoms with E-state index in [9.17, 15) is 9.59 Å². The number of nitrogens with zero attached hydrogens (tertiary/aromatic N) is 3. The van der Waals surface area contributed by atoms with E-state index in [1.165, 1.54) is 22.9 Å². The van der Waals surface area contributed by atoms with Crippen LogP contribution in [0, 0.1) is 0 Å². The predicted molar refractivity (Wildman–Crippen MR) is 82.8 cm³/mol. The van der Waals surface area contributed by atoms with Crippen LogP contribution in [0.15, 0.2) is 59.7 Å². The Kier molecular flexibility index (Phi) is 3.34.